The van der Waals surface area contributed by atoms with E-state index >= 15 is 0 Å². The highest BCUT2D eigenvalue weighted by Gasteiger charge is 2.11. The van der Waals surface area contributed by atoms with Crippen LogP contribution in [0.1, 0.15) is 5.56 Å². The number of nitro groups is 1. The summed E-state index contributed by atoms with van der Waals surface area (Å²) in [6, 6.07) is 8.60. The predicted octanol–water partition coefficient (Wildman–Crippen LogP) is 3.85. The topological polar surface area (TPSA) is 80.1 Å². The summed E-state index contributed by atoms with van der Waals surface area (Å²) >= 11 is 3.43. The summed E-state index contributed by atoms with van der Waals surface area (Å²) < 4.78 is 0.863. The average Bonchev–Trinajstić information content (AvgIpc) is 2.42. The van der Waals surface area contributed by atoms with Gasteiger partial charge >= 0.3 is 0 Å². The molecule has 0 amide bonds. The fraction of sp³-hybridized carbons (Fsp3) is 0.154. The Balaban J connectivity index is 2.39. The fourth-order valence-electron chi connectivity index (χ4n) is 1.69. The zero-order chi connectivity index (χ0) is 14.7. The molecule has 0 saturated heterocycles. The minimum Gasteiger partial charge on any atom is -0.373 e. The monoisotopic (exact) mass is 336 g/mol. The van der Waals surface area contributed by atoms with Crippen LogP contribution in [0.5, 0.6) is 0 Å². The van der Waals surface area contributed by atoms with Gasteiger partial charge in [0.25, 0.3) is 5.69 Å². The number of aromatic nitrogens is 1. The second-order valence-corrected chi connectivity index (χ2v) is 5.07. The molecular weight excluding hydrogens is 324 g/mol. The van der Waals surface area contributed by atoms with E-state index in [0.29, 0.717) is 11.6 Å². The van der Waals surface area contributed by atoms with Crippen molar-refractivity contribution in [3.63, 3.8) is 0 Å². The minimum absolute atomic E-state index is 0.0179. The molecule has 7 heteroatoms. The zero-order valence-electron chi connectivity index (χ0n) is 11.0. The van der Waals surface area contributed by atoms with Gasteiger partial charge in [-0.3, -0.25) is 10.1 Å². The second-order valence-electron chi connectivity index (χ2n) is 4.21. The summed E-state index contributed by atoms with van der Waals surface area (Å²) in [5.74, 6) is 0.848. The third kappa shape index (κ3) is 3.24. The lowest BCUT2D eigenvalue weighted by Gasteiger charge is -2.10. The van der Waals surface area contributed by atoms with Gasteiger partial charge in [0.1, 0.15) is 11.6 Å². The smallest absolute Gasteiger partial charge is 0.276 e. The molecular formula is C13H13BrN4O2. The number of aryl methyl sites for hydroxylation is 1. The molecule has 1 aromatic carbocycles. The number of pyridine rings is 1. The van der Waals surface area contributed by atoms with E-state index in [0.717, 1.165) is 15.7 Å². The number of anilines is 3. The first-order valence-corrected chi connectivity index (χ1v) is 6.66. The van der Waals surface area contributed by atoms with Crippen molar-refractivity contribution < 1.29 is 4.92 Å². The Labute approximate surface area is 124 Å². The van der Waals surface area contributed by atoms with Gasteiger partial charge in [-0.2, -0.15) is 0 Å². The SMILES string of the molecule is CNc1cc([N+](=O)[O-])cc(Nc2cc(C)ccc2Br)n1. The molecule has 2 N–H and O–H groups in total. The molecule has 0 unspecified atom stereocenters. The van der Waals surface area contributed by atoms with Crippen molar-refractivity contribution in [3.8, 4) is 0 Å². The van der Waals surface area contributed by atoms with Crippen LogP contribution in [-0.2, 0) is 0 Å². The first-order chi connectivity index (χ1) is 9.49. The molecule has 1 aromatic heterocycles. The Morgan fingerprint density at radius 3 is 2.60 bits per heavy atom. The number of hydrogen-bond donors (Lipinski definition) is 2. The van der Waals surface area contributed by atoms with Gasteiger partial charge in [0.15, 0.2) is 0 Å². The number of nitrogens with one attached hydrogen (secondary N) is 2. The molecule has 6 nitrogen and oxygen atoms in total. The Bertz CT molecular complexity index is 661. The maximum Gasteiger partial charge on any atom is 0.276 e. The largest absolute Gasteiger partial charge is 0.373 e. The van der Waals surface area contributed by atoms with Gasteiger partial charge in [0, 0.05) is 11.5 Å². The Hall–Kier alpha value is -2.15. The molecule has 0 atom stereocenters. The molecule has 20 heavy (non-hydrogen) atoms. The van der Waals surface area contributed by atoms with Gasteiger partial charge in [-0.25, -0.2) is 4.98 Å². The zero-order valence-corrected chi connectivity index (χ0v) is 12.6. The van der Waals surface area contributed by atoms with E-state index in [9.17, 15) is 10.1 Å². The molecule has 0 aliphatic rings. The normalized spacial score (nSPS) is 10.2. The summed E-state index contributed by atoms with van der Waals surface area (Å²) in [4.78, 5) is 14.7. The summed E-state index contributed by atoms with van der Waals surface area (Å²) in [6.45, 7) is 1.97. The van der Waals surface area contributed by atoms with Gasteiger partial charge in [-0.1, -0.05) is 6.07 Å². The molecule has 104 valence electrons. The number of benzene rings is 1. The molecule has 2 rings (SSSR count). The molecule has 0 bridgehead atoms. The van der Waals surface area contributed by atoms with Crippen LogP contribution in [0.3, 0.4) is 0 Å². The first kappa shape index (κ1) is 14.3. The van der Waals surface area contributed by atoms with Crippen LogP contribution >= 0.6 is 15.9 Å². The molecule has 1 heterocycles. The lowest BCUT2D eigenvalue weighted by atomic mass is 10.2. The molecule has 0 spiro atoms. The first-order valence-electron chi connectivity index (χ1n) is 5.87. The standard InChI is InChI=1S/C13H13BrN4O2/c1-8-3-4-10(14)11(5-8)16-13-7-9(18(19)20)6-12(15-2)17-13/h3-7H,1-2H3,(H2,15,16,17). The Kier molecular flexibility index (Phi) is 4.19. The number of hydrogen-bond acceptors (Lipinski definition) is 5. The average molecular weight is 337 g/mol. The highest BCUT2D eigenvalue weighted by atomic mass is 79.9. The van der Waals surface area contributed by atoms with E-state index in [1.165, 1.54) is 12.1 Å². The van der Waals surface area contributed by atoms with Gasteiger partial charge in [-0.15, -0.1) is 0 Å². The highest BCUT2D eigenvalue weighted by Crippen LogP contribution is 2.28. The summed E-state index contributed by atoms with van der Waals surface area (Å²) in [5.41, 5.74) is 1.87. The van der Waals surface area contributed by atoms with Crippen LogP contribution in [0, 0.1) is 17.0 Å². The lowest BCUT2D eigenvalue weighted by Crippen LogP contribution is -2.01. The van der Waals surface area contributed by atoms with Crippen LogP contribution in [-0.4, -0.2) is 17.0 Å². The van der Waals surface area contributed by atoms with Crippen molar-refractivity contribution in [3.05, 3.63) is 50.5 Å². The minimum atomic E-state index is -0.445. The van der Waals surface area contributed by atoms with E-state index < -0.39 is 4.92 Å². The van der Waals surface area contributed by atoms with E-state index in [4.69, 9.17) is 0 Å². The number of halogens is 1. The molecule has 0 aliphatic heterocycles. The lowest BCUT2D eigenvalue weighted by molar-refractivity contribution is -0.384. The predicted molar refractivity (Wildman–Crippen MR) is 82.6 cm³/mol. The molecule has 0 saturated carbocycles. The fourth-order valence-corrected chi connectivity index (χ4v) is 2.03. The highest BCUT2D eigenvalue weighted by molar-refractivity contribution is 9.10. The van der Waals surface area contributed by atoms with Crippen molar-refractivity contribution in [2.24, 2.45) is 0 Å². The Morgan fingerprint density at radius 1 is 1.25 bits per heavy atom. The third-order valence-electron chi connectivity index (χ3n) is 2.66. The number of rotatable bonds is 4. The van der Waals surface area contributed by atoms with Crippen molar-refractivity contribution in [1.82, 2.24) is 4.98 Å². The molecule has 2 aromatic rings. The van der Waals surface area contributed by atoms with Crippen molar-refractivity contribution in [2.75, 3.05) is 17.7 Å². The van der Waals surface area contributed by atoms with Crippen LogP contribution in [0.2, 0.25) is 0 Å². The van der Waals surface area contributed by atoms with Crippen molar-refractivity contribution in [2.45, 2.75) is 6.92 Å². The maximum absolute atomic E-state index is 10.9. The molecule has 0 radical (unpaired) electrons. The molecule has 0 aliphatic carbocycles. The van der Waals surface area contributed by atoms with Gasteiger partial charge in [0.2, 0.25) is 0 Å². The van der Waals surface area contributed by atoms with Gasteiger partial charge in [0.05, 0.1) is 22.7 Å². The second kappa shape index (κ2) is 5.87. The van der Waals surface area contributed by atoms with E-state index in [2.05, 4.69) is 31.5 Å². The number of nitrogens with zero attached hydrogens (tertiary/aromatic N) is 2. The third-order valence-corrected chi connectivity index (χ3v) is 3.35. The van der Waals surface area contributed by atoms with Crippen LogP contribution in [0.15, 0.2) is 34.8 Å². The maximum atomic E-state index is 10.9. The van der Waals surface area contributed by atoms with Crippen LogP contribution in [0.4, 0.5) is 23.0 Å². The summed E-state index contributed by atoms with van der Waals surface area (Å²) in [7, 11) is 1.67. The van der Waals surface area contributed by atoms with Gasteiger partial charge < -0.3 is 10.6 Å². The quantitative estimate of drug-likeness (QED) is 0.654. The van der Waals surface area contributed by atoms with E-state index in [1.807, 2.05) is 25.1 Å². The van der Waals surface area contributed by atoms with E-state index in [1.54, 1.807) is 7.05 Å². The van der Waals surface area contributed by atoms with Crippen LogP contribution in [0.25, 0.3) is 0 Å². The van der Waals surface area contributed by atoms with Gasteiger partial charge in [-0.05, 0) is 40.5 Å². The summed E-state index contributed by atoms with van der Waals surface area (Å²) in [6.07, 6.45) is 0. The molecule has 0 fully saturated rings. The Morgan fingerprint density at radius 2 is 1.95 bits per heavy atom. The van der Waals surface area contributed by atoms with Crippen LogP contribution < -0.4 is 10.6 Å². The van der Waals surface area contributed by atoms with Crippen molar-refractivity contribution in [1.29, 1.82) is 0 Å². The van der Waals surface area contributed by atoms with Crippen molar-refractivity contribution >= 4 is 38.9 Å². The summed E-state index contributed by atoms with van der Waals surface area (Å²) in [5, 5.41) is 16.8. The van der Waals surface area contributed by atoms with E-state index in [-0.39, 0.29) is 5.69 Å².